The first-order valence-electron chi connectivity index (χ1n) is 10.3. The van der Waals surface area contributed by atoms with Crippen LogP contribution < -0.4 is 16.1 Å². The number of ether oxygens (including phenoxy) is 1. The smallest absolute Gasteiger partial charge is 0.332 e. The second kappa shape index (κ2) is 8.43. The highest BCUT2D eigenvalue weighted by molar-refractivity contribution is 5.98. The molecule has 1 amide bonds. The molecule has 1 saturated heterocycles. The minimum atomic E-state index is -0.426. The fourth-order valence-corrected chi connectivity index (χ4v) is 4.20. The van der Waals surface area contributed by atoms with Crippen molar-refractivity contribution in [1.29, 1.82) is 0 Å². The molecule has 9 nitrogen and oxygen atoms in total. The van der Waals surface area contributed by atoms with Crippen molar-refractivity contribution in [2.45, 2.75) is 6.54 Å². The van der Waals surface area contributed by atoms with E-state index in [0.29, 0.717) is 43.0 Å². The van der Waals surface area contributed by atoms with E-state index in [1.807, 2.05) is 18.2 Å². The number of carbonyl (C=O) groups is 1. The van der Waals surface area contributed by atoms with Gasteiger partial charge in [0.25, 0.3) is 11.5 Å². The number of carbonyl (C=O) groups excluding carboxylic acids is 1. The zero-order valence-electron chi connectivity index (χ0n) is 18.1. The van der Waals surface area contributed by atoms with Gasteiger partial charge in [-0.2, -0.15) is 0 Å². The van der Waals surface area contributed by atoms with E-state index >= 15 is 0 Å². The Bertz CT molecular complexity index is 1220. The SMILES string of the molecule is COCCn1c(C(=O)N2CCN(c3ccccc3)CC2)cc2c(=O)n(C)c(=O)n(C)c21. The Hall–Kier alpha value is -3.33. The molecule has 3 aromatic rings. The van der Waals surface area contributed by atoms with Crippen LogP contribution in [-0.2, 0) is 25.4 Å². The predicted molar refractivity (Wildman–Crippen MR) is 119 cm³/mol. The second-order valence-electron chi connectivity index (χ2n) is 7.73. The average molecular weight is 425 g/mol. The molecule has 164 valence electrons. The van der Waals surface area contributed by atoms with E-state index in [4.69, 9.17) is 4.74 Å². The van der Waals surface area contributed by atoms with Crippen molar-refractivity contribution in [1.82, 2.24) is 18.6 Å². The number of methoxy groups -OCH3 is 1. The number of rotatable bonds is 5. The molecule has 1 aliphatic rings. The van der Waals surface area contributed by atoms with Crippen LogP contribution in [-0.4, -0.2) is 64.4 Å². The third-order valence-electron chi connectivity index (χ3n) is 5.92. The Morgan fingerprint density at radius 1 is 1.00 bits per heavy atom. The summed E-state index contributed by atoms with van der Waals surface area (Å²) in [6.07, 6.45) is 0. The highest BCUT2D eigenvalue weighted by Crippen LogP contribution is 2.20. The number of piperazine rings is 1. The molecule has 0 unspecified atom stereocenters. The molecule has 2 aromatic heterocycles. The number of benzene rings is 1. The van der Waals surface area contributed by atoms with Gasteiger partial charge in [-0.1, -0.05) is 18.2 Å². The van der Waals surface area contributed by atoms with Gasteiger partial charge in [0.2, 0.25) is 0 Å². The van der Waals surface area contributed by atoms with Crippen LogP contribution in [0.4, 0.5) is 5.69 Å². The third-order valence-corrected chi connectivity index (χ3v) is 5.92. The Kier molecular flexibility index (Phi) is 5.69. The molecule has 1 fully saturated rings. The zero-order valence-corrected chi connectivity index (χ0v) is 18.1. The van der Waals surface area contributed by atoms with Crippen molar-refractivity contribution in [3.8, 4) is 0 Å². The van der Waals surface area contributed by atoms with E-state index in [1.165, 1.54) is 11.6 Å². The van der Waals surface area contributed by atoms with Crippen molar-refractivity contribution in [3.05, 3.63) is 62.9 Å². The molecule has 0 radical (unpaired) electrons. The maximum absolute atomic E-state index is 13.4. The number of hydrogen-bond acceptors (Lipinski definition) is 5. The fourth-order valence-electron chi connectivity index (χ4n) is 4.20. The number of aromatic nitrogens is 3. The van der Waals surface area contributed by atoms with Gasteiger partial charge < -0.3 is 19.1 Å². The van der Waals surface area contributed by atoms with Gasteiger partial charge in [-0.05, 0) is 18.2 Å². The minimum Gasteiger partial charge on any atom is -0.383 e. The van der Waals surface area contributed by atoms with Gasteiger partial charge in [-0.3, -0.25) is 18.7 Å². The lowest BCUT2D eigenvalue weighted by Crippen LogP contribution is -2.49. The maximum atomic E-state index is 13.4. The fraction of sp³-hybridized carbons (Fsp3) is 0.409. The summed E-state index contributed by atoms with van der Waals surface area (Å²) in [5, 5.41) is 0.354. The Balaban J connectivity index is 1.68. The van der Waals surface area contributed by atoms with Crippen LogP contribution in [0.15, 0.2) is 46.0 Å². The van der Waals surface area contributed by atoms with Crippen LogP contribution in [0.1, 0.15) is 10.5 Å². The van der Waals surface area contributed by atoms with Gasteiger partial charge in [-0.25, -0.2) is 4.79 Å². The molecule has 0 saturated carbocycles. The third kappa shape index (κ3) is 3.65. The lowest BCUT2D eigenvalue weighted by atomic mass is 10.2. The van der Waals surface area contributed by atoms with Crippen LogP contribution in [0, 0.1) is 0 Å². The summed E-state index contributed by atoms with van der Waals surface area (Å²) in [4.78, 5) is 42.7. The quantitative estimate of drug-likeness (QED) is 0.600. The van der Waals surface area contributed by atoms with E-state index in [2.05, 4.69) is 17.0 Å². The van der Waals surface area contributed by atoms with E-state index < -0.39 is 11.2 Å². The van der Waals surface area contributed by atoms with Crippen LogP contribution in [0.25, 0.3) is 11.0 Å². The van der Waals surface area contributed by atoms with Gasteiger partial charge in [0.05, 0.1) is 12.0 Å². The maximum Gasteiger partial charge on any atom is 0.332 e. The van der Waals surface area contributed by atoms with Gasteiger partial charge in [-0.15, -0.1) is 0 Å². The van der Waals surface area contributed by atoms with Crippen LogP contribution >= 0.6 is 0 Å². The van der Waals surface area contributed by atoms with Gasteiger partial charge in [0.15, 0.2) is 0 Å². The van der Waals surface area contributed by atoms with Crippen LogP contribution in [0.5, 0.6) is 0 Å². The summed E-state index contributed by atoms with van der Waals surface area (Å²) in [5.74, 6) is -0.144. The number of nitrogens with zero attached hydrogens (tertiary/aromatic N) is 5. The van der Waals surface area contributed by atoms with Gasteiger partial charge in [0, 0.05) is 59.6 Å². The number of hydrogen-bond donors (Lipinski definition) is 0. The second-order valence-corrected chi connectivity index (χ2v) is 7.73. The normalized spacial score (nSPS) is 14.4. The monoisotopic (exact) mass is 425 g/mol. The van der Waals surface area contributed by atoms with Crippen molar-refractivity contribution in [2.75, 3.05) is 44.8 Å². The standard InChI is InChI=1S/C22H27N5O4/c1-23-19-17(20(28)24(2)22(23)30)15-18(27(19)13-14-31-3)21(29)26-11-9-25(10-12-26)16-7-5-4-6-8-16/h4-8,15H,9-14H2,1-3H3. The van der Waals surface area contributed by atoms with Gasteiger partial charge in [0.1, 0.15) is 11.3 Å². The molecule has 0 aliphatic carbocycles. The van der Waals surface area contributed by atoms with Crippen molar-refractivity contribution < 1.29 is 9.53 Å². The highest BCUT2D eigenvalue weighted by Gasteiger charge is 2.27. The Morgan fingerprint density at radius 3 is 2.32 bits per heavy atom. The molecular formula is C22H27N5O4. The number of fused-ring (bicyclic) bond motifs is 1. The number of anilines is 1. The summed E-state index contributed by atoms with van der Waals surface area (Å²) in [6, 6.07) is 11.7. The number of amides is 1. The van der Waals surface area contributed by atoms with Crippen molar-refractivity contribution in [3.63, 3.8) is 0 Å². The predicted octanol–water partition coefficient (Wildman–Crippen LogP) is 0.647. The van der Waals surface area contributed by atoms with Crippen molar-refractivity contribution >= 4 is 22.6 Å². The lowest BCUT2D eigenvalue weighted by Gasteiger charge is -2.36. The molecular weight excluding hydrogens is 398 g/mol. The topological polar surface area (TPSA) is 81.7 Å². The molecule has 9 heteroatoms. The molecule has 4 rings (SSSR count). The van der Waals surface area contributed by atoms with Crippen LogP contribution in [0.2, 0.25) is 0 Å². The van der Waals surface area contributed by atoms with Gasteiger partial charge >= 0.3 is 5.69 Å². The Morgan fingerprint density at radius 2 is 1.68 bits per heavy atom. The first-order chi connectivity index (χ1) is 14.9. The molecule has 1 aromatic carbocycles. The van der Waals surface area contributed by atoms with E-state index in [-0.39, 0.29) is 5.91 Å². The van der Waals surface area contributed by atoms with E-state index in [9.17, 15) is 14.4 Å². The Labute approximate surface area is 179 Å². The minimum absolute atomic E-state index is 0.144. The number of aryl methyl sites for hydroxylation is 1. The summed E-state index contributed by atoms with van der Waals surface area (Å²) in [7, 11) is 4.63. The first-order valence-corrected chi connectivity index (χ1v) is 10.3. The number of para-hydroxylation sites is 1. The zero-order chi connectivity index (χ0) is 22.1. The molecule has 0 bridgehead atoms. The lowest BCUT2D eigenvalue weighted by molar-refractivity contribution is 0.0734. The van der Waals surface area contributed by atoms with E-state index in [0.717, 1.165) is 23.3 Å². The first kappa shape index (κ1) is 20.9. The molecule has 0 atom stereocenters. The molecule has 31 heavy (non-hydrogen) atoms. The summed E-state index contributed by atoms with van der Waals surface area (Å²) < 4.78 is 9.42. The largest absolute Gasteiger partial charge is 0.383 e. The molecule has 3 heterocycles. The highest BCUT2D eigenvalue weighted by atomic mass is 16.5. The summed E-state index contributed by atoms with van der Waals surface area (Å²) in [6.45, 7) is 3.34. The van der Waals surface area contributed by atoms with Crippen molar-refractivity contribution in [2.24, 2.45) is 14.1 Å². The molecule has 0 N–H and O–H groups in total. The summed E-state index contributed by atoms with van der Waals surface area (Å²) in [5.41, 5.74) is 1.15. The van der Waals surface area contributed by atoms with E-state index in [1.54, 1.807) is 29.7 Å². The summed E-state index contributed by atoms with van der Waals surface area (Å²) >= 11 is 0. The molecule has 1 aliphatic heterocycles. The average Bonchev–Trinajstić information content (AvgIpc) is 3.19. The van der Waals surface area contributed by atoms with Crippen LogP contribution in [0.3, 0.4) is 0 Å². The molecule has 0 spiro atoms.